The zero-order valence-electron chi connectivity index (χ0n) is 6.92. The Balaban J connectivity index is 2.90. The molecule has 0 aliphatic carbocycles. The summed E-state index contributed by atoms with van der Waals surface area (Å²) in [5.41, 5.74) is 0.411. The van der Waals surface area contributed by atoms with Crippen molar-refractivity contribution in [2.24, 2.45) is 0 Å². The molecule has 0 radical (unpaired) electrons. The monoisotopic (exact) mass is 153 g/mol. The first-order valence-corrected chi connectivity index (χ1v) is 3.59. The Hall–Kier alpha value is -1.12. The summed E-state index contributed by atoms with van der Waals surface area (Å²) in [5, 5.41) is 3.61. The highest BCUT2D eigenvalue weighted by molar-refractivity contribution is 5.91. The van der Waals surface area contributed by atoms with E-state index in [1.54, 1.807) is 6.07 Å². The van der Waals surface area contributed by atoms with Crippen molar-refractivity contribution < 1.29 is 9.32 Å². The maximum Gasteiger partial charge on any atom is 0.181 e. The summed E-state index contributed by atoms with van der Waals surface area (Å²) in [6, 6.07) is 1.69. The van der Waals surface area contributed by atoms with Crippen molar-refractivity contribution >= 4 is 5.78 Å². The lowest BCUT2D eigenvalue weighted by Gasteiger charge is -1.93. The van der Waals surface area contributed by atoms with Crippen LogP contribution in [-0.4, -0.2) is 10.9 Å². The van der Waals surface area contributed by atoms with E-state index in [2.05, 4.69) is 5.16 Å². The summed E-state index contributed by atoms with van der Waals surface area (Å²) < 4.78 is 4.92. The number of carbonyl (C=O) groups excluding carboxylic acids is 1. The predicted molar refractivity (Wildman–Crippen MR) is 40.6 cm³/mol. The van der Waals surface area contributed by atoms with Crippen LogP contribution in [0.1, 0.15) is 42.9 Å². The molecule has 1 heterocycles. The molecule has 1 aromatic rings. The molecule has 0 aromatic carbocycles. The van der Waals surface area contributed by atoms with Crippen molar-refractivity contribution in [1.29, 1.82) is 0 Å². The second-order valence-corrected chi connectivity index (χ2v) is 2.83. The topological polar surface area (TPSA) is 43.1 Å². The van der Waals surface area contributed by atoms with Crippen LogP contribution in [0, 0.1) is 0 Å². The Kier molecular flexibility index (Phi) is 2.08. The van der Waals surface area contributed by atoms with E-state index in [1.807, 2.05) is 13.8 Å². The van der Waals surface area contributed by atoms with Gasteiger partial charge in [0, 0.05) is 18.9 Å². The molecule has 11 heavy (non-hydrogen) atoms. The largest absolute Gasteiger partial charge is 0.360 e. The summed E-state index contributed by atoms with van der Waals surface area (Å²) in [5.74, 6) is 0.992. The smallest absolute Gasteiger partial charge is 0.181 e. The molecule has 0 bridgehead atoms. The van der Waals surface area contributed by atoms with Crippen LogP contribution >= 0.6 is 0 Å². The average molecular weight is 153 g/mol. The normalized spacial score (nSPS) is 10.5. The number of carbonyl (C=O) groups is 1. The minimum Gasteiger partial charge on any atom is -0.360 e. The molecule has 0 unspecified atom stereocenters. The molecule has 1 aromatic heterocycles. The Morgan fingerprint density at radius 3 is 2.55 bits per heavy atom. The molecule has 0 spiro atoms. The Morgan fingerprint density at radius 2 is 2.27 bits per heavy atom. The van der Waals surface area contributed by atoms with Crippen LogP contribution in [0.15, 0.2) is 10.6 Å². The fraction of sp³-hybridized carbons (Fsp3) is 0.500. The van der Waals surface area contributed by atoms with Gasteiger partial charge >= 0.3 is 0 Å². The van der Waals surface area contributed by atoms with Gasteiger partial charge in [-0.1, -0.05) is 19.0 Å². The van der Waals surface area contributed by atoms with Crippen molar-refractivity contribution in [3.8, 4) is 0 Å². The van der Waals surface area contributed by atoms with Crippen LogP contribution in [0.25, 0.3) is 0 Å². The second kappa shape index (κ2) is 2.86. The van der Waals surface area contributed by atoms with Gasteiger partial charge in [-0.3, -0.25) is 4.79 Å². The highest BCUT2D eigenvalue weighted by atomic mass is 16.5. The molecule has 0 saturated heterocycles. The van der Waals surface area contributed by atoms with Gasteiger partial charge in [0.1, 0.15) is 11.5 Å². The first-order chi connectivity index (χ1) is 5.11. The average Bonchev–Trinajstić information content (AvgIpc) is 2.33. The molecule has 60 valence electrons. The minimum atomic E-state index is -0.0550. The number of ketones is 1. The Morgan fingerprint density at radius 1 is 1.64 bits per heavy atom. The Bertz CT molecular complexity index is 263. The van der Waals surface area contributed by atoms with E-state index < -0.39 is 0 Å². The van der Waals surface area contributed by atoms with Crippen LogP contribution in [0.4, 0.5) is 0 Å². The third-order valence-corrected chi connectivity index (χ3v) is 1.46. The van der Waals surface area contributed by atoms with Crippen LogP contribution in [0.2, 0.25) is 0 Å². The van der Waals surface area contributed by atoms with Gasteiger partial charge in [-0.2, -0.15) is 0 Å². The van der Waals surface area contributed by atoms with Gasteiger partial charge in [-0.25, -0.2) is 0 Å². The number of rotatable bonds is 2. The second-order valence-electron chi connectivity index (χ2n) is 2.83. The molecule has 0 fully saturated rings. The fourth-order valence-electron chi connectivity index (χ4n) is 0.727. The van der Waals surface area contributed by atoms with E-state index >= 15 is 0 Å². The third kappa shape index (κ3) is 1.67. The van der Waals surface area contributed by atoms with Gasteiger partial charge in [0.2, 0.25) is 0 Å². The third-order valence-electron chi connectivity index (χ3n) is 1.46. The van der Waals surface area contributed by atoms with Gasteiger partial charge in [0.25, 0.3) is 0 Å². The van der Waals surface area contributed by atoms with Crippen LogP contribution in [0.5, 0.6) is 0 Å². The van der Waals surface area contributed by atoms with Crippen LogP contribution < -0.4 is 0 Å². The highest BCUT2D eigenvalue weighted by Gasteiger charge is 2.09. The van der Waals surface area contributed by atoms with Crippen LogP contribution in [-0.2, 0) is 0 Å². The van der Waals surface area contributed by atoms with Gasteiger partial charge in [-0.15, -0.1) is 0 Å². The van der Waals surface area contributed by atoms with E-state index in [-0.39, 0.29) is 11.7 Å². The van der Waals surface area contributed by atoms with Crippen molar-refractivity contribution in [1.82, 2.24) is 5.16 Å². The molecule has 1 rings (SSSR count). The summed E-state index contributed by atoms with van der Waals surface area (Å²) >= 11 is 0. The highest BCUT2D eigenvalue weighted by Crippen LogP contribution is 2.14. The number of Topliss-reactive ketones (excluding diaryl/α,β-unsaturated/α-hetero) is 1. The first kappa shape index (κ1) is 7.98. The number of aromatic nitrogens is 1. The van der Waals surface area contributed by atoms with E-state index in [4.69, 9.17) is 4.52 Å². The molecular weight excluding hydrogens is 142 g/mol. The van der Waals surface area contributed by atoms with Crippen molar-refractivity contribution in [2.75, 3.05) is 0 Å². The summed E-state index contributed by atoms with van der Waals surface area (Å²) in [6.07, 6.45) is 0. The number of hydrogen-bond acceptors (Lipinski definition) is 3. The summed E-state index contributed by atoms with van der Waals surface area (Å²) in [6.45, 7) is 5.46. The van der Waals surface area contributed by atoms with E-state index in [0.29, 0.717) is 5.69 Å². The zero-order chi connectivity index (χ0) is 8.43. The van der Waals surface area contributed by atoms with E-state index in [1.165, 1.54) is 6.92 Å². The lowest BCUT2D eigenvalue weighted by Crippen LogP contribution is -1.90. The predicted octanol–water partition coefficient (Wildman–Crippen LogP) is 2.00. The molecule has 0 N–H and O–H groups in total. The van der Waals surface area contributed by atoms with Gasteiger partial charge in [0.05, 0.1) is 0 Å². The molecule has 3 nitrogen and oxygen atoms in total. The molecular formula is C8H11NO2. The van der Waals surface area contributed by atoms with Gasteiger partial charge < -0.3 is 4.52 Å². The molecule has 0 amide bonds. The standard InChI is InChI=1S/C8H11NO2/c1-5(2)8-4-7(6(3)10)9-11-8/h4-5H,1-3H3. The van der Waals surface area contributed by atoms with Crippen molar-refractivity contribution in [3.05, 3.63) is 17.5 Å². The quantitative estimate of drug-likeness (QED) is 0.610. The van der Waals surface area contributed by atoms with Gasteiger partial charge in [0.15, 0.2) is 5.78 Å². The van der Waals surface area contributed by atoms with E-state index in [9.17, 15) is 4.79 Å². The number of nitrogens with zero attached hydrogens (tertiary/aromatic N) is 1. The summed E-state index contributed by atoms with van der Waals surface area (Å²) in [4.78, 5) is 10.8. The maximum atomic E-state index is 10.8. The van der Waals surface area contributed by atoms with Gasteiger partial charge in [-0.05, 0) is 0 Å². The molecule has 0 aliphatic heterocycles. The maximum absolute atomic E-state index is 10.8. The van der Waals surface area contributed by atoms with Crippen LogP contribution in [0.3, 0.4) is 0 Å². The fourth-order valence-corrected chi connectivity index (χ4v) is 0.727. The Labute approximate surface area is 65.4 Å². The van der Waals surface area contributed by atoms with Crippen molar-refractivity contribution in [2.45, 2.75) is 26.7 Å². The minimum absolute atomic E-state index is 0.0550. The first-order valence-electron chi connectivity index (χ1n) is 3.59. The molecule has 3 heteroatoms. The lowest BCUT2D eigenvalue weighted by atomic mass is 10.1. The lowest BCUT2D eigenvalue weighted by molar-refractivity contribution is 0.100. The zero-order valence-corrected chi connectivity index (χ0v) is 6.92. The SMILES string of the molecule is CC(=O)c1cc(C(C)C)on1. The summed E-state index contributed by atoms with van der Waals surface area (Å²) in [7, 11) is 0. The number of hydrogen-bond donors (Lipinski definition) is 0. The molecule has 0 aliphatic rings. The molecule has 0 saturated carbocycles. The van der Waals surface area contributed by atoms with E-state index in [0.717, 1.165) is 5.76 Å². The van der Waals surface area contributed by atoms with Crippen molar-refractivity contribution in [3.63, 3.8) is 0 Å². The molecule has 0 atom stereocenters.